The molecule has 114 valence electrons. The van der Waals surface area contributed by atoms with Crippen molar-refractivity contribution in [1.29, 1.82) is 0 Å². The predicted molar refractivity (Wildman–Crippen MR) is 81.8 cm³/mol. The highest BCUT2D eigenvalue weighted by Crippen LogP contribution is 2.23. The molecular weight excluding hydrogens is 313 g/mol. The number of amides is 1. The number of carbonyl (C=O) groups is 2. The molecule has 1 aromatic rings. The van der Waals surface area contributed by atoms with Crippen LogP contribution in [0.4, 0.5) is 0 Å². The third kappa shape index (κ3) is 4.11. The maximum atomic E-state index is 12.4. The highest BCUT2D eigenvalue weighted by atomic mass is 35.5. The summed E-state index contributed by atoms with van der Waals surface area (Å²) in [6, 6.07) is 4.23. The first kappa shape index (κ1) is 16.1. The molecule has 6 heteroatoms. The van der Waals surface area contributed by atoms with Gasteiger partial charge in [0.1, 0.15) is 6.04 Å². The Morgan fingerprint density at radius 3 is 2.67 bits per heavy atom. The molecule has 4 nitrogen and oxygen atoms in total. The van der Waals surface area contributed by atoms with Crippen LogP contribution in [0.3, 0.4) is 0 Å². The molecule has 21 heavy (non-hydrogen) atoms. The van der Waals surface area contributed by atoms with Crippen LogP contribution in [-0.2, 0) is 16.0 Å². The number of rotatable bonds is 3. The molecule has 1 N–H and O–H groups in total. The Balaban J connectivity index is 2.14. The van der Waals surface area contributed by atoms with Gasteiger partial charge in [-0.3, -0.25) is 4.79 Å². The fourth-order valence-corrected chi connectivity index (χ4v) is 3.07. The zero-order chi connectivity index (χ0) is 15.4. The summed E-state index contributed by atoms with van der Waals surface area (Å²) in [4.78, 5) is 25.3. The summed E-state index contributed by atoms with van der Waals surface area (Å²) in [5.74, 6) is -1.14. The number of aliphatic carboxylic acids is 1. The van der Waals surface area contributed by atoms with Crippen molar-refractivity contribution in [2.24, 2.45) is 0 Å². The van der Waals surface area contributed by atoms with Crippen molar-refractivity contribution in [2.75, 3.05) is 6.54 Å². The maximum absolute atomic E-state index is 12.4. The quantitative estimate of drug-likeness (QED) is 0.924. The Kier molecular flexibility index (Phi) is 5.48. The lowest BCUT2D eigenvalue weighted by atomic mass is 10.1. The summed E-state index contributed by atoms with van der Waals surface area (Å²) in [7, 11) is 0. The average molecular weight is 330 g/mol. The normalized spacial score (nSPS) is 19.1. The molecule has 0 saturated carbocycles. The molecule has 1 aromatic carbocycles. The van der Waals surface area contributed by atoms with Gasteiger partial charge in [0.2, 0.25) is 5.91 Å². The van der Waals surface area contributed by atoms with Gasteiger partial charge in [0.05, 0.1) is 6.42 Å². The van der Waals surface area contributed by atoms with E-state index < -0.39 is 12.0 Å². The molecule has 1 heterocycles. The van der Waals surface area contributed by atoms with E-state index in [2.05, 4.69) is 0 Å². The number of carboxylic acids is 1. The molecule has 1 amide bonds. The lowest BCUT2D eigenvalue weighted by Gasteiger charge is -2.27. The standard InChI is InChI=1S/C15H17Cl2NO3/c16-11-6-5-10(12(17)9-11)8-14(19)18-7-3-1-2-4-13(18)15(20)21/h5-6,9,13H,1-4,7-8H2,(H,20,21). The monoisotopic (exact) mass is 329 g/mol. The van der Waals surface area contributed by atoms with Gasteiger partial charge < -0.3 is 10.0 Å². The van der Waals surface area contributed by atoms with E-state index in [1.807, 2.05) is 0 Å². The van der Waals surface area contributed by atoms with Gasteiger partial charge in [-0.05, 0) is 30.5 Å². The van der Waals surface area contributed by atoms with Crippen LogP contribution < -0.4 is 0 Å². The summed E-state index contributed by atoms with van der Waals surface area (Å²) in [6.07, 6.45) is 3.23. The molecule has 1 saturated heterocycles. The van der Waals surface area contributed by atoms with Crippen molar-refractivity contribution >= 4 is 35.1 Å². The summed E-state index contributed by atoms with van der Waals surface area (Å²) >= 11 is 11.9. The first-order chi connectivity index (χ1) is 9.99. The van der Waals surface area contributed by atoms with Gasteiger partial charge in [-0.2, -0.15) is 0 Å². The van der Waals surface area contributed by atoms with Crippen molar-refractivity contribution in [3.05, 3.63) is 33.8 Å². The van der Waals surface area contributed by atoms with E-state index in [4.69, 9.17) is 23.2 Å². The van der Waals surface area contributed by atoms with E-state index >= 15 is 0 Å². The van der Waals surface area contributed by atoms with Crippen molar-refractivity contribution in [3.8, 4) is 0 Å². The number of carboxylic acid groups (broad SMARTS) is 1. The summed E-state index contributed by atoms with van der Waals surface area (Å²) in [6.45, 7) is 0.487. The lowest BCUT2D eigenvalue weighted by Crippen LogP contribution is -2.45. The van der Waals surface area contributed by atoms with E-state index in [0.29, 0.717) is 28.6 Å². The number of carbonyl (C=O) groups excluding carboxylic acids is 1. The summed E-state index contributed by atoms with van der Waals surface area (Å²) in [5.41, 5.74) is 0.666. The number of likely N-dealkylation sites (tertiary alicyclic amines) is 1. The zero-order valence-corrected chi connectivity index (χ0v) is 13.0. The number of hydrogen-bond acceptors (Lipinski definition) is 2. The molecule has 1 fully saturated rings. The van der Waals surface area contributed by atoms with Gasteiger partial charge in [-0.25, -0.2) is 4.79 Å². The zero-order valence-electron chi connectivity index (χ0n) is 11.5. The number of hydrogen-bond donors (Lipinski definition) is 1. The highest BCUT2D eigenvalue weighted by Gasteiger charge is 2.30. The van der Waals surface area contributed by atoms with Crippen LogP contribution in [0.15, 0.2) is 18.2 Å². The minimum Gasteiger partial charge on any atom is -0.480 e. The molecule has 1 aliphatic heterocycles. The van der Waals surface area contributed by atoms with Crippen LogP contribution >= 0.6 is 23.2 Å². The second kappa shape index (κ2) is 7.14. The SMILES string of the molecule is O=C(O)C1CCCCCN1C(=O)Cc1ccc(Cl)cc1Cl. The van der Waals surface area contributed by atoms with Crippen molar-refractivity contribution < 1.29 is 14.7 Å². The van der Waals surface area contributed by atoms with E-state index in [0.717, 1.165) is 19.3 Å². The van der Waals surface area contributed by atoms with Crippen LogP contribution in [0.25, 0.3) is 0 Å². The third-order valence-corrected chi connectivity index (χ3v) is 4.30. The largest absolute Gasteiger partial charge is 0.480 e. The molecule has 1 aliphatic rings. The second-order valence-corrected chi connectivity index (χ2v) is 6.05. The minimum absolute atomic E-state index is 0.0970. The van der Waals surface area contributed by atoms with E-state index in [9.17, 15) is 14.7 Å². The Labute approximate surface area is 133 Å². The van der Waals surface area contributed by atoms with Crippen molar-refractivity contribution in [1.82, 2.24) is 4.90 Å². The molecule has 2 rings (SSSR count). The molecule has 0 bridgehead atoms. The van der Waals surface area contributed by atoms with E-state index in [1.165, 1.54) is 4.90 Å². The van der Waals surface area contributed by atoms with Crippen LogP contribution in [0.1, 0.15) is 31.2 Å². The van der Waals surface area contributed by atoms with E-state index in [-0.39, 0.29) is 12.3 Å². The summed E-state index contributed by atoms with van der Waals surface area (Å²) in [5, 5.41) is 10.2. The predicted octanol–water partition coefficient (Wildman–Crippen LogP) is 3.39. The molecule has 0 spiro atoms. The molecule has 0 aliphatic carbocycles. The second-order valence-electron chi connectivity index (χ2n) is 5.20. The van der Waals surface area contributed by atoms with Crippen LogP contribution in [0.2, 0.25) is 10.0 Å². The Bertz CT molecular complexity index is 548. The first-order valence-corrected chi connectivity index (χ1v) is 7.71. The maximum Gasteiger partial charge on any atom is 0.326 e. The van der Waals surface area contributed by atoms with Crippen molar-refractivity contribution in [3.63, 3.8) is 0 Å². The number of nitrogens with zero attached hydrogens (tertiary/aromatic N) is 1. The fraction of sp³-hybridized carbons (Fsp3) is 0.467. The van der Waals surface area contributed by atoms with Gasteiger partial charge in [0.25, 0.3) is 0 Å². The third-order valence-electron chi connectivity index (χ3n) is 3.71. The first-order valence-electron chi connectivity index (χ1n) is 6.95. The van der Waals surface area contributed by atoms with E-state index in [1.54, 1.807) is 18.2 Å². The molecular formula is C15H17Cl2NO3. The molecule has 1 unspecified atom stereocenters. The smallest absolute Gasteiger partial charge is 0.326 e. The Morgan fingerprint density at radius 2 is 2.00 bits per heavy atom. The van der Waals surface area contributed by atoms with Crippen molar-refractivity contribution in [2.45, 2.75) is 38.1 Å². The van der Waals surface area contributed by atoms with Gasteiger partial charge in [-0.15, -0.1) is 0 Å². The highest BCUT2D eigenvalue weighted by molar-refractivity contribution is 6.35. The number of benzene rings is 1. The van der Waals surface area contributed by atoms with Gasteiger partial charge >= 0.3 is 5.97 Å². The molecule has 1 atom stereocenters. The Morgan fingerprint density at radius 1 is 1.24 bits per heavy atom. The number of halogens is 2. The fourth-order valence-electron chi connectivity index (χ4n) is 2.59. The topological polar surface area (TPSA) is 57.6 Å². The van der Waals surface area contributed by atoms with Gasteiger partial charge in [0, 0.05) is 16.6 Å². The minimum atomic E-state index is -0.938. The lowest BCUT2D eigenvalue weighted by molar-refractivity contribution is -0.150. The van der Waals surface area contributed by atoms with Gasteiger partial charge in [0.15, 0.2) is 0 Å². The Hall–Kier alpha value is -1.26. The summed E-state index contributed by atoms with van der Waals surface area (Å²) < 4.78 is 0. The molecule has 0 aromatic heterocycles. The van der Waals surface area contributed by atoms with Crippen LogP contribution in [0.5, 0.6) is 0 Å². The molecule has 0 radical (unpaired) electrons. The van der Waals surface area contributed by atoms with Crippen LogP contribution in [-0.4, -0.2) is 34.5 Å². The average Bonchev–Trinajstić information content (AvgIpc) is 2.67. The van der Waals surface area contributed by atoms with Gasteiger partial charge in [-0.1, -0.05) is 42.1 Å². The van der Waals surface area contributed by atoms with Crippen LogP contribution in [0, 0.1) is 0 Å².